The van der Waals surface area contributed by atoms with E-state index >= 15 is 0 Å². The third kappa shape index (κ3) is 4.95. The molecule has 0 radical (unpaired) electrons. The van der Waals surface area contributed by atoms with Crippen LogP contribution >= 0.6 is 0 Å². The second-order valence-corrected chi connectivity index (χ2v) is 3.98. The smallest absolute Gasteiger partial charge is 0.236 e. The molecule has 0 aliphatic rings. The monoisotopic (exact) mass is 240 g/mol. The van der Waals surface area contributed by atoms with Crippen molar-refractivity contribution in [2.45, 2.75) is 46.2 Å². The third-order valence-electron chi connectivity index (χ3n) is 2.36. The van der Waals surface area contributed by atoms with Crippen molar-refractivity contribution in [3.63, 3.8) is 0 Å². The van der Waals surface area contributed by atoms with E-state index in [1.165, 1.54) is 0 Å². The molecule has 0 saturated heterocycles. The summed E-state index contributed by atoms with van der Waals surface area (Å²) in [4.78, 5) is 15.7. The largest absolute Gasteiger partial charge is 0.355 e. The fourth-order valence-corrected chi connectivity index (χ4v) is 1.29. The first kappa shape index (κ1) is 13.6. The molecule has 1 heterocycles. The van der Waals surface area contributed by atoms with Gasteiger partial charge in [-0.15, -0.1) is 0 Å². The minimum absolute atomic E-state index is 0.00123. The summed E-state index contributed by atoms with van der Waals surface area (Å²) < 4.78 is 4.84. The van der Waals surface area contributed by atoms with Gasteiger partial charge in [-0.2, -0.15) is 4.98 Å². The van der Waals surface area contributed by atoms with Crippen LogP contribution in [-0.4, -0.2) is 28.6 Å². The van der Waals surface area contributed by atoms with Crippen LogP contribution in [0, 0.1) is 6.92 Å². The van der Waals surface area contributed by atoms with Crippen LogP contribution in [-0.2, 0) is 11.3 Å². The molecule has 0 fully saturated rings. The van der Waals surface area contributed by atoms with Crippen LogP contribution < -0.4 is 10.6 Å². The van der Waals surface area contributed by atoms with E-state index in [1.807, 2.05) is 6.92 Å². The summed E-state index contributed by atoms with van der Waals surface area (Å²) in [7, 11) is 0. The van der Waals surface area contributed by atoms with Gasteiger partial charge in [0.2, 0.25) is 11.8 Å². The van der Waals surface area contributed by atoms with Crippen LogP contribution in [0.4, 0.5) is 0 Å². The van der Waals surface area contributed by atoms with Gasteiger partial charge in [0.25, 0.3) is 0 Å². The Morgan fingerprint density at radius 3 is 2.88 bits per heavy atom. The molecule has 0 saturated carbocycles. The Labute approximate surface area is 101 Å². The number of hydrogen-bond donors (Lipinski definition) is 2. The van der Waals surface area contributed by atoms with Crippen LogP contribution in [0.1, 0.15) is 38.4 Å². The van der Waals surface area contributed by atoms with Gasteiger partial charge in [0.1, 0.15) is 0 Å². The highest BCUT2D eigenvalue weighted by Gasteiger charge is 2.12. The van der Waals surface area contributed by atoms with E-state index in [4.69, 9.17) is 4.52 Å². The molecule has 96 valence electrons. The van der Waals surface area contributed by atoms with Gasteiger partial charge in [-0.1, -0.05) is 18.5 Å². The van der Waals surface area contributed by atoms with Crippen molar-refractivity contribution in [1.82, 2.24) is 20.8 Å². The Morgan fingerprint density at radius 2 is 2.29 bits per heavy atom. The molecule has 17 heavy (non-hydrogen) atoms. The molecule has 1 unspecified atom stereocenters. The van der Waals surface area contributed by atoms with Gasteiger partial charge in [-0.3, -0.25) is 10.1 Å². The van der Waals surface area contributed by atoms with E-state index in [0.717, 1.165) is 19.4 Å². The fraction of sp³-hybridized carbons (Fsp3) is 0.727. The minimum Gasteiger partial charge on any atom is -0.355 e. The highest BCUT2D eigenvalue weighted by molar-refractivity contribution is 5.81. The van der Waals surface area contributed by atoms with Gasteiger partial charge < -0.3 is 9.84 Å². The number of aryl methyl sites for hydroxylation is 1. The molecule has 6 nitrogen and oxygen atoms in total. The number of hydrogen-bond acceptors (Lipinski definition) is 5. The topological polar surface area (TPSA) is 80.0 Å². The van der Waals surface area contributed by atoms with Gasteiger partial charge in [-0.05, 0) is 13.3 Å². The second-order valence-electron chi connectivity index (χ2n) is 3.98. The van der Waals surface area contributed by atoms with Crippen molar-refractivity contribution in [3.8, 4) is 0 Å². The molecule has 1 amide bonds. The molecule has 1 rings (SSSR count). The zero-order valence-corrected chi connectivity index (χ0v) is 10.6. The zero-order chi connectivity index (χ0) is 12.7. The number of nitrogens with zero attached hydrogens (tertiary/aromatic N) is 2. The molecular formula is C11H20N4O2. The van der Waals surface area contributed by atoms with Crippen molar-refractivity contribution < 1.29 is 9.32 Å². The van der Waals surface area contributed by atoms with Crippen LogP contribution in [0.25, 0.3) is 0 Å². The van der Waals surface area contributed by atoms with Crippen molar-refractivity contribution in [2.24, 2.45) is 0 Å². The predicted octanol–water partition coefficient (Wildman–Crippen LogP) is 0.772. The number of amides is 1. The van der Waals surface area contributed by atoms with E-state index in [-0.39, 0.29) is 11.9 Å². The Morgan fingerprint density at radius 1 is 1.53 bits per heavy atom. The highest BCUT2D eigenvalue weighted by atomic mass is 16.5. The SMILES string of the molecule is CCCCNC(=O)C(C)NCc1noc(C)n1. The molecular weight excluding hydrogens is 220 g/mol. The summed E-state index contributed by atoms with van der Waals surface area (Å²) in [6.45, 7) is 6.79. The Bertz CT molecular complexity index is 351. The summed E-state index contributed by atoms with van der Waals surface area (Å²) in [5, 5.41) is 9.64. The summed E-state index contributed by atoms with van der Waals surface area (Å²) >= 11 is 0. The van der Waals surface area contributed by atoms with Crippen LogP contribution in [0.15, 0.2) is 4.52 Å². The maximum atomic E-state index is 11.6. The highest BCUT2D eigenvalue weighted by Crippen LogP contribution is 1.95. The first-order chi connectivity index (χ1) is 8.13. The summed E-state index contributed by atoms with van der Waals surface area (Å²) in [5.74, 6) is 1.09. The Kier molecular flexibility index (Phi) is 5.62. The van der Waals surface area contributed by atoms with Crippen LogP contribution in [0.3, 0.4) is 0 Å². The summed E-state index contributed by atoms with van der Waals surface area (Å²) in [6.07, 6.45) is 2.08. The number of carbonyl (C=O) groups excluding carboxylic acids is 1. The van der Waals surface area contributed by atoms with Crippen LogP contribution in [0.2, 0.25) is 0 Å². The molecule has 6 heteroatoms. The predicted molar refractivity (Wildman–Crippen MR) is 63.3 cm³/mol. The van der Waals surface area contributed by atoms with E-state index in [9.17, 15) is 4.79 Å². The second kappa shape index (κ2) is 7.01. The molecule has 1 aromatic rings. The molecule has 0 bridgehead atoms. The number of nitrogens with one attached hydrogen (secondary N) is 2. The Balaban J connectivity index is 2.24. The van der Waals surface area contributed by atoms with E-state index in [0.29, 0.717) is 18.3 Å². The summed E-state index contributed by atoms with van der Waals surface area (Å²) in [5.41, 5.74) is 0. The van der Waals surface area contributed by atoms with Gasteiger partial charge in [0, 0.05) is 13.5 Å². The lowest BCUT2D eigenvalue weighted by Gasteiger charge is -2.12. The molecule has 1 aromatic heterocycles. The molecule has 0 spiro atoms. The first-order valence-corrected chi connectivity index (χ1v) is 5.93. The van der Waals surface area contributed by atoms with Crippen molar-refractivity contribution in [1.29, 1.82) is 0 Å². The third-order valence-corrected chi connectivity index (χ3v) is 2.36. The summed E-state index contributed by atoms with van der Waals surface area (Å²) in [6, 6.07) is -0.259. The number of carbonyl (C=O) groups is 1. The van der Waals surface area contributed by atoms with Gasteiger partial charge in [-0.25, -0.2) is 0 Å². The maximum Gasteiger partial charge on any atom is 0.236 e. The van der Waals surface area contributed by atoms with Crippen molar-refractivity contribution in [3.05, 3.63) is 11.7 Å². The molecule has 1 atom stereocenters. The van der Waals surface area contributed by atoms with E-state index < -0.39 is 0 Å². The number of unbranched alkanes of at least 4 members (excludes halogenated alkanes) is 1. The average Bonchev–Trinajstić information content (AvgIpc) is 2.72. The van der Waals surface area contributed by atoms with Crippen LogP contribution in [0.5, 0.6) is 0 Å². The molecule has 2 N–H and O–H groups in total. The van der Waals surface area contributed by atoms with Gasteiger partial charge >= 0.3 is 0 Å². The van der Waals surface area contributed by atoms with Gasteiger partial charge in [0.15, 0.2) is 5.82 Å². The normalized spacial score (nSPS) is 12.4. The number of rotatable bonds is 7. The molecule has 0 aliphatic heterocycles. The lowest BCUT2D eigenvalue weighted by atomic mass is 10.3. The molecule has 0 aliphatic carbocycles. The minimum atomic E-state index is -0.259. The first-order valence-electron chi connectivity index (χ1n) is 5.93. The zero-order valence-electron chi connectivity index (χ0n) is 10.6. The van der Waals surface area contributed by atoms with E-state index in [1.54, 1.807) is 6.92 Å². The number of aromatic nitrogens is 2. The molecule has 0 aromatic carbocycles. The average molecular weight is 240 g/mol. The maximum absolute atomic E-state index is 11.6. The lowest BCUT2D eigenvalue weighted by molar-refractivity contribution is -0.122. The lowest BCUT2D eigenvalue weighted by Crippen LogP contribution is -2.42. The van der Waals surface area contributed by atoms with Gasteiger partial charge in [0.05, 0.1) is 12.6 Å². The fourth-order valence-electron chi connectivity index (χ4n) is 1.29. The quantitative estimate of drug-likeness (QED) is 0.688. The van der Waals surface area contributed by atoms with E-state index in [2.05, 4.69) is 27.7 Å². The van der Waals surface area contributed by atoms with Crippen molar-refractivity contribution in [2.75, 3.05) is 6.54 Å². The standard InChI is InChI=1S/C11H20N4O2/c1-4-5-6-12-11(16)8(2)13-7-10-14-9(3)17-15-10/h8,13H,4-7H2,1-3H3,(H,12,16). The van der Waals surface area contributed by atoms with Crippen molar-refractivity contribution >= 4 is 5.91 Å². The Hall–Kier alpha value is -1.43.